The second-order valence-electron chi connectivity index (χ2n) is 9.29. The van der Waals surface area contributed by atoms with Crippen LogP contribution in [-0.2, 0) is 22.2 Å². The molecule has 0 radical (unpaired) electrons. The molecule has 2 aromatic carbocycles. The lowest BCUT2D eigenvalue weighted by molar-refractivity contribution is -0.137. The summed E-state index contributed by atoms with van der Waals surface area (Å²) in [5.41, 5.74) is -1.06. The Hall–Kier alpha value is -2.85. The molecule has 1 atom stereocenters. The lowest BCUT2D eigenvalue weighted by atomic mass is 9.77. The summed E-state index contributed by atoms with van der Waals surface area (Å²) in [6, 6.07) is 8.18. The molecule has 1 aliphatic carbocycles. The van der Waals surface area contributed by atoms with Crippen LogP contribution in [-0.4, -0.2) is 41.7 Å². The highest BCUT2D eigenvalue weighted by atomic mass is 35.5. The average Bonchev–Trinajstić information content (AvgIpc) is 2.84. The summed E-state index contributed by atoms with van der Waals surface area (Å²) in [6.45, 7) is -0.416. The van der Waals surface area contributed by atoms with E-state index in [1.807, 2.05) is 0 Å². The van der Waals surface area contributed by atoms with Crippen LogP contribution in [0.4, 0.5) is 17.6 Å². The molecular formula is C26H29ClF4N2O4. The number of ether oxygens (including phenoxy) is 1. The maximum absolute atomic E-state index is 13.6. The van der Waals surface area contributed by atoms with Crippen LogP contribution < -0.4 is 15.4 Å². The van der Waals surface area contributed by atoms with Gasteiger partial charge in [0.05, 0.1) is 23.1 Å². The van der Waals surface area contributed by atoms with Crippen LogP contribution in [0.3, 0.4) is 0 Å². The molecule has 2 aromatic rings. The van der Waals surface area contributed by atoms with Crippen molar-refractivity contribution in [3.05, 3.63) is 64.4 Å². The fourth-order valence-corrected chi connectivity index (χ4v) is 4.59. The summed E-state index contributed by atoms with van der Waals surface area (Å²) in [4.78, 5) is 24.8. The first-order chi connectivity index (χ1) is 17.5. The Morgan fingerprint density at radius 1 is 1.05 bits per heavy atom. The van der Waals surface area contributed by atoms with Crippen molar-refractivity contribution < 1.29 is 37.0 Å². The number of nitrogens with one attached hydrogen (secondary N) is 2. The zero-order chi connectivity index (χ0) is 27.1. The van der Waals surface area contributed by atoms with E-state index in [-0.39, 0.29) is 36.8 Å². The van der Waals surface area contributed by atoms with Crippen LogP contribution in [0.1, 0.15) is 49.7 Å². The molecule has 6 nitrogen and oxygen atoms in total. The zero-order valence-corrected chi connectivity index (χ0v) is 20.8. The number of aliphatic hydroxyl groups excluding tert-OH is 1. The molecule has 11 heteroatoms. The van der Waals surface area contributed by atoms with Gasteiger partial charge < -0.3 is 20.5 Å². The minimum absolute atomic E-state index is 0.0570. The van der Waals surface area contributed by atoms with Gasteiger partial charge in [0.15, 0.2) is 6.61 Å². The molecule has 1 unspecified atom stereocenters. The maximum Gasteiger partial charge on any atom is 0.416 e. The molecule has 1 fully saturated rings. The summed E-state index contributed by atoms with van der Waals surface area (Å²) in [6.07, 6.45) is -1.33. The van der Waals surface area contributed by atoms with E-state index >= 15 is 0 Å². The van der Waals surface area contributed by atoms with Gasteiger partial charge in [0.2, 0.25) is 5.91 Å². The van der Waals surface area contributed by atoms with Crippen molar-refractivity contribution in [3.8, 4) is 5.75 Å². The number of aliphatic hydroxyl groups is 1. The van der Waals surface area contributed by atoms with Crippen molar-refractivity contribution in [1.82, 2.24) is 10.6 Å². The van der Waals surface area contributed by atoms with Gasteiger partial charge >= 0.3 is 6.18 Å². The van der Waals surface area contributed by atoms with Crippen molar-refractivity contribution >= 4 is 23.4 Å². The fraction of sp³-hybridized carbons (Fsp3) is 0.462. The quantitative estimate of drug-likeness (QED) is 0.375. The number of carbonyl (C=O) groups is 2. The Morgan fingerprint density at radius 3 is 2.35 bits per heavy atom. The van der Waals surface area contributed by atoms with E-state index in [4.69, 9.17) is 16.3 Å². The third kappa shape index (κ3) is 8.89. The summed E-state index contributed by atoms with van der Waals surface area (Å²) >= 11 is 5.65. The monoisotopic (exact) mass is 544 g/mol. The van der Waals surface area contributed by atoms with Gasteiger partial charge in [-0.3, -0.25) is 9.59 Å². The van der Waals surface area contributed by atoms with E-state index in [0.29, 0.717) is 18.4 Å². The number of carbonyl (C=O) groups excluding carboxylic acids is 2. The van der Waals surface area contributed by atoms with E-state index in [1.165, 1.54) is 24.3 Å². The van der Waals surface area contributed by atoms with Crippen LogP contribution in [0.25, 0.3) is 0 Å². The predicted octanol–water partition coefficient (Wildman–Crippen LogP) is 4.81. The predicted molar refractivity (Wildman–Crippen MR) is 130 cm³/mol. The van der Waals surface area contributed by atoms with Crippen molar-refractivity contribution in [3.63, 3.8) is 0 Å². The molecule has 0 saturated heterocycles. The Kier molecular flexibility index (Phi) is 9.78. The van der Waals surface area contributed by atoms with Gasteiger partial charge in [0.25, 0.3) is 5.91 Å². The number of hydrogen-bond donors (Lipinski definition) is 3. The molecule has 3 N–H and O–H groups in total. The first kappa shape index (κ1) is 28.7. The van der Waals surface area contributed by atoms with Crippen LogP contribution >= 0.6 is 11.6 Å². The van der Waals surface area contributed by atoms with E-state index in [2.05, 4.69) is 10.6 Å². The lowest BCUT2D eigenvalue weighted by Gasteiger charge is -2.39. The number of amides is 2. The Bertz CT molecular complexity index is 1070. The molecule has 2 amide bonds. The van der Waals surface area contributed by atoms with Gasteiger partial charge in [-0.05, 0) is 49.1 Å². The standard InChI is InChI=1S/C26H29ClF4N2O4/c27-21-9-8-20(13-22(21)28)37-16-24(36)33-25(10-2-1-3-11-25)14-19(34)15-32-23(35)12-17-4-6-18(7-5-17)26(29,30)31/h4-9,13,19,34H,1-3,10-12,14-16H2,(H,32,35)(H,33,36). The molecule has 0 aliphatic heterocycles. The summed E-state index contributed by atoms with van der Waals surface area (Å²) in [5, 5.41) is 16.1. The van der Waals surface area contributed by atoms with E-state index in [1.54, 1.807) is 0 Å². The first-order valence-corrected chi connectivity index (χ1v) is 12.3. The van der Waals surface area contributed by atoms with Gasteiger partial charge in [0, 0.05) is 18.2 Å². The maximum atomic E-state index is 13.6. The molecule has 3 rings (SSSR count). The summed E-state index contributed by atoms with van der Waals surface area (Å²) < 4.78 is 57.0. The van der Waals surface area contributed by atoms with E-state index in [9.17, 15) is 32.3 Å². The van der Waals surface area contributed by atoms with Crippen LogP contribution in [0, 0.1) is 5.82 Å². The summed E-state index contributed by atoms with van der Waals surface area (Å²) in [7, 11) is 0. The molecule has 0 bridgehead atoms. The third-order valence-electron chi connectivity index (χ3n) is 6.28. The number of benzene rings is 2. The van der Waals surface area contributed by atoms with Crippen molar-refractivity contribution in [2.75, 3.05) is 13.2 Å². The first-order valence-electron chi connectivity index (χ1n) is 12.0. The Balaban J connectivity index is 1.49. The highest BCUT2D eigenvalue weighted by Gasteiger charge is 2.36. The van der Waals surface area contributed by atoms with Gasteiger partial charge in [-0.15, -0.1) is 0 Å². The molecule has 1 aliphatic rings. The summed E-state index contributed by atoms with van der Waals surface area (Å²) in [5.74, 6) is -1.36. The van der Waals surface area contributed by atoms with E-state index < -0.39 is 41.0 Å². The molecular weight excluding hydrogens is 516 g/mol. The average molecular weight is 545 g/mol. The second kappa shape index (κ2) is 12.6. The van der Waals surface area contributed by atoms with Crippen molar-refractivity contribution in [2.45, 2.75) is 62.8 Å². The van der Waals surface area contributed by atoms with E-state index in [0.717, 1.165) is 37.5 Å². The van der Waals surface area contributed by atoms with Crippen LogP contribution in [0.5, 0.6) is 5.75 Å². The van der Waals surface area contributed by atoms with Gasteiger partial charge in [-0.1, -0.05) is 43.0 Å². The highest BCUT2D eigenvalue weighted by Crippen LogP contribution is 2.32. The molecule has 1 saturated carbocycles. The topological polar surface area (TPSA) is 87.7 Å². The molecule has 0 heterocycles. The van der Waals surface area contributed by atoms with Gasteiger partial charge in [0.1, 0.15) is 11.6 Å². The largest absolute Gasteiger partial charge is 0.484 e. The molecule has 202 valence electrons. The minimum atomic E-state index is -4.45. The van der Waals surface area contributed by atoms with Crippen molar-refractivity contribution in [1.29, 1.82) is 0 Å². The second-order valence-corrected chi connectivity index (χ2v) is 9.69. The van der Waals surface area contributed by atoms with Gasteiger partial charge in [-0.25, -0.2) is 4.39 Å². The van der Waals surface area contributed by atoms with Gasteiger partial charge in [-0.2, -0.15) is 13.2 Å². The Labute approximate surface area is 217 Å². The molecule has 0 spiro atoms. The lowest BCUT2D eigenvalue weighted by Crippen LogP contribution is -2.54. The number of rotatable bonds is 10. The number of hydrogen-bond acceptors (Lipinski definition) is 4. The highest BCUT2D eigenvalue weighted by molar-refractivity contribution is 6.30. The Morgan fingerprint density at radius 2 is 1.73 bits per heavy atom. The number of halogens is 5. The third-order valence-corrected chi connectivity index (χ3v) is 6.59. The fourth-order valence-electron chi connectivity index (χ4n) is 4.47. The SMILES string of the molecule is O=C(Cc1ccc(C(F)(F)F)cc1)NCC(O)CC1(NC(=O)COc2ccc(Cl)c(F)c2)CCCCC1. The molecule has 0 aromatic heterocycles. The normalized spacial score (nSPS) is 16.1. The van der Waals surface area contributed by atoms with Crippen LogP contribution in [0.15, 0.2) is 42.5 Å². The molecule has 37 heavy (non-hydrogen) atoms. The number of alkyl halides is 3. The minimum Gasteiger partial charge on any atom is -0.484 e. The zero-order valence-electron chi connectivity index (χ0n) is 20.0. The smallest absolute Gasteiger partial charge is 0.416 e. The van der Waals surface area contributed by atoms with Crippen LogP contribution in [0.2, 0.25) is 5.02 Å². The van der Waals surface area contributed by atoms with Crippen molar-refractivity contribution in [2.24, 2.45) is 0 Å².